The number of ether oxygens (including phenoxy) is 6. The molecule has 2 aliphatic rings. The Balaban J connectivity index is 1.85. The van der Waals surface area contributed by atoms with Gasteiger partial charge in [-0.1, -0.05) is 48.5 Å². The highest BCUT2D eigenvalue weighted by Crippen LogP contribution is 2.39. The van der Waals surface area contributed by atoms with Crippen LogP contribution in [0.4, 0.5) is 0 Å². The Kier molecular flexibility index (Phi) is 9.65. The number of carbonyl (C=O) groups excluding carboxylic acids is 1. The lowest BCUT2D eigenvalue weighted by Crippen LogP contribution is -2.57. The van der Waals surface area contributed by atoms with Crippen molar-refractivity contribution >= 4 is 5.97 Å². The summed E-state index contributed by atoms with van der Waals surface area (Å²) < 4.78 is 36.5. The standard InChI is InChI=1S/C27H50O7/c1-11-23(4,5)20(28)29-14-24(6,7)21-30-16-27(17-31-21)18-32-22(33-19-27)25(8,9)15-34-26(10,12-2)13-3/h21-22H,11-19H2,1-10H3. The van der Waals surface area contributed by atoms with Crippen LogP contribution < -0.4 is 0 Å². The van der Waals surface area contributed by atoms with E-state index in [4.69, 9.17) is 28.4 Å². The Bertz CT molecular complexity index is 648. The Labute approximate surface area is 207 Å². The number of esters is 1. The lowest BCUT2D eigenvalue weighted by Gasteiger charge is -2.49. The molecule has 0 aromatic heterocycles. The van der Waals surface area contributed by atoms with Crippen LogP contribution in [0.5, 0.6) is 0 Å². The second-order valence-corrected chi connectivity index (χ2v) is 12.6. The summed E-state index contributed by atoms with van der Waals surface area (Å²) in [5.74, 6) is -0.194. The largest absolute Gasteiger partial charge is 0.465 e. The van der Waals surface area contributed by atoms with E-state index < -0.39 is 17.1 Å². The number of carbonyl (C=O) groups is 1. The van der Waals surface area contributed by atoms with Crippen molar-refractivity contribution in [3.8, 4) is 0 Å². The van der Waals surface area contributed by atoms with Gasteiger partial charge in [-0.05, 0) is 40.0 Å². The summed E-state index contributed by atoms with van der Waals surface area (Å²) in [5.41, 5.74) is -1.69. The molecule has 0 aromatic rings. The normalized spacial score (nSPS) is 27.1. The van der Waals surface area contributed by atoms with E-state index in [-0.39, 0.29) is 35.3 Å². The van der Waals surface area contributed by atoms with Crippen LogP contribution in [0.2, 0.25) is 0 Å². The summed E-state index contributed by atoms with van der Waals surface area (Å²) in [5, 5.41) is 0. The first-order valence-corrected chi connectivity index (χ1v) is 12.9. The molecule has 1 spiro atoms. The number of rotatable bonds is 11. The molecule has 34 heavy (non-hydrogen) atoms. The van der Waals surface area contributed by atoms with Gasteiger partial charge < -0.3 is 28.4 Å². The van der Waals surface area contributed by atoms with Gasteiger partial charge in [-0.25, -0.2) is 0 Å². The van der Waals surface area contributed by atoms with Gasteiger partial charge in [0.15, 0.2) is 12.6 Å². The van der Waals surface area contributed by atoms with Crippen molar-refractivity contribution in [2.45, 2.75) is 107 Å². The average molecular weight is 487 g/mol. The molecule has 0 radical (unpaired) electrons. The summed E-state index contributed by atoms with van der Waals surface area (Å²) >= 11 is 0. The molecule has 2 rings (SSSR count). The van der Waals surface area contributed by atoms with Crippen LogP contribution in [0.15, 0.2) is 0 Å². The molecule has 0 unspecified atom stereocenters. The summed E-state index contributed by atoms with van der Waals surface area (Å²) in [6.07, 6.45) is 1.87. The molecule has 0 N–H and O–H groups in total. The fourth-order valence-corrected chi connectivity index (χ4v) is 3.80. The molecular weight excluding hydrogens is 436 g/mol. The summed E-state index contributed by atoms with van der Waals surface area (Å²) in [7, 11) is 0. The van der Waals surface area contributed by atoms with Crippen molar-refractivity contribution in [2.24, 2.45) is 21.7 Å². The third-order valence-corrected chi connectivity index (χ3v) is 7.74. The van der Waals surface area contributed by atoms with Gasteiger partial charge in [-0.2, -0.15) is 0 Å². The quantitative estimate of drug-likeness (QED) is 0.365. The third kappa shape index (κ3) is 7.16. The van der Waals surface area contributed by atoms with Crippen molar-refractivity contribution in [1.29, 1.82) is 0 Å². The van der Waals surface area contributed by atoms with Gasteiger partial charge in [0.25, 0.3) is 0 Å². The van der Waals surface area contributed by atoms with E-state index in [1.165, 1.54) is 0 Å². The topological polar surface area (TPSA) is 72.5 Å². The molecule has 7 heteroatoms. The lowest BCUT2D eigenvalue weighted by atomic mass is 9.86. The van der Waals surface area contributed by atoms with E-state index in [1.54, 1.807) is 0 Å². The summed E-state index contributed by atoms with van der Waals surface area (Å²) in [6, 6.07) is 0. The first-order chi connectivity index (χ1) is 15.6. The molecule has 0 bridgehead atoms. The summed E-state index contributed by atoms with van der Waals surface area (Å²) in [4.78, 5) is 12.4. The van der Waals surface area contributed by atoms with Crippen LogP contribution in [0, 0.1) is 21.7 Å². The van der Waals surface area contributed by atoms with E-state index in [9.17, 15) is 4.79 Å². The molecule has 2 aliphatic heterocycles. The van der Waals surface area contributed by atoms with Crippen LogP contribution >= 0.6 is 0 Å². The molecule has 0 aromatic carbocycles. The van der Waals surface area contributed by atoms with E-state index in [2.05, 4.69) is 34.6 Å². The summed E-state index contributed by atoms with van der Waals surface area (Å²) in [6.45, 7) is 23.2. The monoisotopic (exact) mass is 486 g/mol. The molecule has 2 heterocycles. The van der Waals surface area contributed by atoms with Crippen molar-refractivity contribution < 1.29 is 33.2 Å². The minimum Gasteiger partial charge on any atom is -0.465 e. The number of hydrogen-bond donors (Lipinski definition) is 0. The fraction of sp³-hybridized carbons (Fsp3) is 0.963. The second kappa shape index (κ2) is 11.1. The van der Waals surface area contributed by atoms with Crippen LogP contribution in [0.3, 0.4) is 0 Å². The molecule has 200 valence electrons. The number of hydrogen-bond acceptors (Lipinski definition) is 7. The lowest BCUT2D eigenvalue weighted by molar-refractivity contribution is -0.339. The first kappa shape index (κ1) is 29.5. The van der Waals surface area contributed by atoms with Crippen LogP contribution in [0.25, 0.3) is 0 Å². The Morgan fingerprint density at radius 3 is 1.53 bits per heavy atom. The van der Waals surface area contributed by atoms with E-state index >= 15 is 0 Å². The predicted molar refractivity (Wildman–Crippen MR) is 131 cm³/mol. The van der Waals surface area contributed by atoms with Gasteiger partial charge in [0.05, 0.1) is 49.5 Å². The third-order valence-electron chi connectivity index (χ3n) is 7.74. The highest BCUT2D eigenvalue weighted by Gasteiger charge is 2.48. The highest BCUT2D eigenvalue weighted by atomic mass is 16.7. The van der Waals surface area contributed by atoms with Crippen molar-refractivity contribution in [2.75, 3.05) is 39.6 Å². The SMILES string of the molecule is CCC(C)(CC)OCC(C)(C)C1OCC2(COC(C(C)(C)COC(=O)C(C)(C)CC)OC2)CO1. The molecule has 2 saturated heterocycles. The van der Waals surface area contributed by atoms with Gasteiger partial charge in [0, 0.05) is 10.8 Å². The zero-order chi connectivity index (χ0) is 25.8. The van der Waals surface area contributed by atoms with E-state index in [0.29, 0.717) is 33.0 Å². The molecule has 0 amide bonds. The molecule has 7 nitrogen and oxygen atoms in total. The van der Waals surface area contributed by atoms with Crippen molar-refractivity contribution in [3.63, 3.8) is 0 Å². The second-order valence-electron chi connectivity index (χ2n) is 12.6. The first-order valence-electron chi connectivity index (χ1n) is 12.9. The zero-order valence-corrected chi connectivity index (χ0v) is 23.4. The predicted octanol–water partition coefficient (Wildman–Crippen LogP) is 5.35. The Hall–Kier alpha value is -0.730. The molecule has 0 saturated carbocycles. The van der Waals surface area contributed by atoms with Gasteiger partial charge in [-0.15, -0.1) is 0 Å². The molecule has 0 aliphatic carbocycles. The maximum Gasteiger partial charge on any atom is 0.311 e. The van der Waals surface area contributed by atoms with Crippen molar-refractivity contribution in [1.82, 2.24) is 0 Å². The molecular formula is C27H50O7. The van der Waals surface area contributed by atoms with Crippen molar-refractivity contribution in [3.05, 3.63) is 0 Å². The maximum atomic E-state index is 12.4. The fourth-order valence-electron chi connectivity index (χ4n) is 3.80. The van der Waals surface area contributed by atoms with Crippen LogP contribution in [-0.2, 0) is 33.2 Å². The van der Waals surface area contributed by atoms with Gasteiger partial charge in [0.1, 0.15) is 6.61 Å². The Morgan fingerprint density at radius 1 is 0.735 bits per heavy atom. The van der Waals surface area contributed by atoms with Gasteiger partial charge in [-0.3, -0.25) is 4.79 Å². The minimum atomic E-state index is -0.494. The average Bonchev–Trinajstić information content (AvgIpc) is 2.81. The van der Waals surface area contributed by atoms with Gasteiger partial charge in [0.2, 0.25) is 0 Å². The maximum absolute atomic E-state index is 12.4. The highest BCUT2D eigenvalue weighted by molar-refractivity contribution is 5.75. The van der Waals surface area contributed by atoms with Crippen LogP contribution in [0.1, 0.15) is 88.5 Å². The smallest absolute Gasteiger partial charge is 0.311 e. The zero-order valence-electron chi connectivity index (χ0n) is 23.4. The van der Waals surface area contributed by atoms with E-state index in [1.807, 2.05) is 34.6 Å². The molecule has 2 fully saturated rings. The minimum absolute atomic E-state index is 0.124. The van der Waals surface area contributed by atoms with E-state index in [0.717, 1.165) is 19.3 Å². The van der Waals surface area contributed by atoms with Gasteiger partial charge >= 0.3 is 5.97 Å². The Morgan fingerprint density at radius 2 is 1.15 bits per heavy atom. The van der Waals surface area contributed by atoms with Crippen LogP contribution in [-0.4, -0.2) is 63.8 Å². The molecule has 0 atom stereocenters.